The molecule has 106 valence electrons. The van der Waals surface area contributed by atoms with Crippen molar-refractivity contribution in [2.24, 2.45) is 5.92 Å². The van der Waals surface area contributed by atoms with Crippen LogP contribution in [0.5, 0.6) is 0 Å². The maximum Gasteiger partial charge on any atom is 0.319 e. The quantitative estimate of drug-likeness (QED) is 0.760. The number of benzene rings is 1. The van der Waals surface area contributed by atoms with Crippen LogP contribution in [-0.4, -0.2) is 23.8 Å². The van der Waals surface area contributed by atoms with Crippen LogP contribution in [0.25, 0.3) is 0 Å². The van der Waals surface area contributed by atoms with Gasteiger partial charge in [0.15, 0.2) is 0 Å². The van der Waals surface area contributed by atoms with Gasteiger partial charge < -0.3 is 15.7 Å². The highest BCUT2D eigenvalue weighted by molar-refractivity contribution is 9.10. The minimum Gasteiger partial charge on any atom is -0.393 e. The van der Waals surface area contributed by atoms with Crippen molar-refractivity contribution >= 4 is 39.2 Å². The van der Waals surface area contributed by atoms with Crippen molar-refractivity contribution < 1.29 is 9.90 Å². The first-order chi connectivity index (χ1) is 8.90. The second-order valence-electron chi connectivity index (χ2n) is 4.61. The lowest BCUT2D eigenvalue weighted by Gasteiger charge is -2.15. The highest BCUT2D eigenvalue weighted by Crippen LogP contribution is 2.25. The Hall–Kier alpha value is -0.780. The van der Waals surface area contributed by atoms with E-state index in [1.54, 1.807) is 18.2 Å². The van der Waals surface area contributed by atoms with Crippen LogP contribution >= 0.6 is 27.5 Å². The Kier molecular flexibility index (Phi) is 6.62. The zero-order valence-electron chi connectivity index (χ0n) is 10.9. The number of hydrogen-bond acceptors (Lipinski definition) is 2. The minimum absolute atomic E-state index is 0.190. The summed E-state index contributed by atoms with van der Waals surface area (Å²) in [5.41, 5.74) is 0.645. The van der Waals surface area contributed by atoms with E-state index in [2.05, 4.69) is 26.6 Å². The number of amides is 2. The average molecular weight is 350 g/mol. The van der Waals surface area contributed by atoms with Gasteiger partial charge in [-0.2, -0.15) is 0 Å². The lowest BCUT2D eigenvalue weighted by molar-refractivity contribution is 0.117. The fourth-order valence-electron chi connectivity index (χ4n) is 1.42. The van der Waals surface area contributed by atoms with Gasteiger partial charge in [0.25, 0.3) is 0 Å². The lowest BCUT2D eigenvalue weighted by atomic mass is 10.0. The van der Waals surface area contributed by atoms with Crippen molar-refractivity contribution in [2.45, 2.75) is 26.4 Å². The van der Waals surface area contributed by atoms with Gasteiger partial charge in [0.1, 0.15) is 0 Å². The number of urea groups is 1. The lowest BCUT2D eigenvalue weighted by Crippen LogP contribution is -2.32. The highest BCUT2D eigenvalue weighted by Gasteiger charge is 2.10. The van der Waals surface area contributed by atoms with E-state index in [1.165, 1.54) is 0 Å². The zero-order valence-corrected chi connectivity index (χ0v) is 13.3. The molecule has 0 saturated heterocycles. The van der Waals surface area contributed by atoms with Gasteiger partial charge in [0.05, 0.1) is 11.8 Å². The summed E-state index contributed by atoms with van der Waals surface area (Å²) < 4.78 is 0.720. The molecule has 0 radical (unpaired) electrons. The molecule has 6 heteroatoms. The van der Waals surface area contributed by atoms with Gasteiger partial charge in [-0.05, 0) is 46.5 Å². The first-order valence-corrected chi connectivity index (χ1v) is 7.25. The molecule has 2 amide bonds. The second-order valence-corrected chi connectivity index (χ2v) is 5.90. The van der Waals surface area contributed by atoms with Crippen LogP contribution in [0.3, 0.4) is 0 Å². The fourth-order valence-corrected chi connectivity index (χ4v) is 2.21. The zero-order chi connectivity index (χ0) is 14.4. The van der Waals surface area contributed by atoms with Crippen LogP contribution in [0, 0.1) is 5.92 Å². The summed E-state index contributed by atoms with van der Waals surface area (Å²) in [6, 6.07) is 4.82. The molecule has 1 unspecified atom stereocenters. The average Bonchev–Trinajstić information content (AvgIpc) is 2.32. The first kappa shape index (κ1) is 16.3. The van der Waals surface area contributed by atoms with Crippen LogP contribution in [0.1, 0.15) is 20.3 Å². The van der Waals surface area contributed by atoms with Crippen molar-refractivity contribution in [3.05, 3.63) is 27.7 Å². The molecule has 0 saturated carbocycles. The maximum absolute atomic E-state index is 11.6. The summed E-state index contributed by atoms with van der Waals surface area (Å²) in [5, 5.41) is 15.6. The number of aliphatic hydroxyl groups excluding tert-OH is 1. The van der Waals surface area contributed by atoms with E-state index >= 15 is 0 Å². The Bertz CT molecular complexity index is 441. The van der Waals surface area contributed by atoms with Crippen LogP contribution in [0.4, 0.5) is 10.5 Å². The van der Waals surface area contributed by atoms with Crippen LogP contribution < -0.4 is 10.6 Å². The number of carbonyl (C=O) groups excluding carboxylic acids is 1. The van der Waals surface area contributed by atoms with Crippen molar-refractivity contribution in [1.29, 1.82) is 0 Å². The number of aliphatic hydroxyl groups is 1. The molecule has 0 aromatic heterocycles. The summed E-state index contributed by atoms with van der Waals surface area (Å²) in [6.45, 7) is 4.31. The largest absolute Gasteiger partial charge is 0.393 e. The smallest absolute Gasteiger partial charge is 0.319 e. The second kappa shape index (κ2) is 7.72. The molecular formula is C13H18BrClN2O2. The van der Waals surface area contributed by atoms with E-state index in [9.17, 15) is 9.90 Å². The standard InChI is InChI=1S/C13H18BrClN2O2/c1-8(2)12(18)5-6-16-13(19)17-11-4-3-9(15)7-10(11)14/h3-4,7-8,12,18H,5-6H2,1-2H3,(H2,16,17,19). The molecule has 1 rings (SSSR count). The summed E-state index contributed by atoms with van der Waals surface area (Å²) >= 11 is 9.13. The first-order valence-electron chi connectivity index (χ1n) is 6.08. The molecule has 0 aliphatic heterocycles. The van der Waals surface area contributed by atoms with Gasteiger partial charge in [-0.25, -0.2) is 4.79 Å². The Morgan fingerprint density at radius 1 is 1.47 bits per heavy atom. The van der Waals surface area contributed by atoms with Crippen molar-refractivity contribution in [3.63, 3.8) is 0 Å². The molecule has 0 bridgehead atoms. The molecule has 1 aromatic carbocycles. The molecule has 4 nitrogen and oxygen atoms in total. The van der Waals surface area contributed by atoms with Gasteiger partial charge in [0, 0.05) is 16.0 Å². The molecule has 1 atom stereocenters. The molecule has 19 heavy (non-hydrogen) atoms. The van der Waals surface area contributed by atoms with E-state index in [-0.39, 0.29) is 11.9 Å². The highest BCUT2D eigenvalue weighted by atomic mass is 79.9. The molecule has 0 aliphatic rings. The van der Waals surface area contributed by atoms with Crippen molar-refractivity contribution in [3.8, 4) is 0 Å². The predicted molar refractivity (Wildman–Crippen MR) is 81.6 cm³/mol. The molecule has 0 fully saturated rings. The van der Waals surface area contributed by atoms with Crippen LogP contribution in [0.2, 0.25) is 5.02 Å². The van der Waals surface area contributed by atoms with E-state index in [0.29, 0.717) is 23.7 Å². The van der Waals surface area contributed by atoms with E-state index in [0.717, 1.165) is 4.47 Å². The Morgan fingerprint density at radius 2 is 2.16 bits per heavy atom. The molecule has 3 N–H and O–H groups in total. The third-order valence-electron chi connectivity index (χ3n) is 2.67. The SMILES string of the molecule is CC(C)C(O)CCNC(=O)Nc1ccc(Cl)cc1Br. The molecular weight excluding hydrogens is 332 g/mol. The third-order valence-corrected chi connectivity index (χ3v) is 3.57. The summed E-state index contributed by atoms with van der Waals surface area (Å²) in [6.07, 6.45) is 0.134. The van der Waals surface area contributed by atoms with E-state index in [4.69, 9.17) is 11.6 Å². The normalized spacial score (nSPS) is 12.3. The maximum atomic E-state index is 11.6. The molecule has 0 spiro atoms. The van der Waals surface area contributed by atoms with Crippen LogP contribution in [-0.2, 0) is 0 Å². The predicted octanol–water partition coefficient (Wildman–Crippen LogP) is 3.63. The number of carbonyl (C=O) groups is 1. The molecule has 1 aromatic rings. The summed E-state index contributed by atoms with van der Waals surface area (Å²) in [4.78, 5) is 11.6. The van der Waals surface area contributed by atoms with Crippen molar-refractivity contribution in [1.82, 2.24) is 5.32 Å². The summed E-state index contributed by atoms with van der Waals surface area (Å²) in [7, 11) is 0. The van der Waals surface area contributed by atoms with Gasteiger partial charge in [-0.1, -0.05) is 25.4 Å². The van der Waals surface area contributed by atoms with Crippen molar-refractivity contribution in [2.75, 3.05) is 11.9 Å². The van der Waals surface area contributed by atoms with Gasteiger partial charge in [-0.15, -0.1) is 0 Å². The van der Waals surface area contributed by atoms with Gasteiger partial charge in [0.2, 0.25) is 0 Å². The Balaban J connectivity index is 2.39. The Morgan fingerprint density at radius 3 is 2.74 bits per heavy atom. The number of halogens is 2. The molecule has 0 aliphatic carbocycles. The molecule has 0 heterocycles. The summed E-state index contributed by atoms with van der Waals surface area (Å²) in [5.74, 6) is 0.190. The van der Waals surface area contributed by atoms with E-state index in [1.807, 2.05) is 13.8 Å². The van der Waals surface area contributed by atoms with E-state index < -0.39 is 6.10 Å². The third kappa shape index (κ3) is 5.80. The van der Waals surface area contributed by atoms with Gasteiger partial charge >= 0.3 is 6.03 Å². The minimum atomic E-state index is -0.400. The number of anilines is 1. The van der Waals surface area contributed by atoms with Gasteiger partial charge in [-0.3, -0.25) is 0 Å². The number of rotatable bonds is 5. The number of hydrogen-bond donors (Lipinski definition) is 3. The Labute approximate surface area is 126 Å². The van der Waals surface area contributed by atoms with Crippen LogP contribution in [0.15, 0.2) is 22.7 Å². The topological polar surface area (TPSA) is 61.4 Å². The monoisotopic (exact) mass is 348 g/mol. The fraction of sp³-hybridized carbons (Fsp3) is 0.462. The number of nitrogens with one attached hydrogen (secondary N) is 2.